The molecule has 0 saturated carbocycles. The molecule has 5 nitrogen and oxygen atoms in total. The highest BCUT2D eigenvalue weighted by molar-refractivity contribution is 5.69. The summed E-state index contributed by atoms with van der Waals surface area (Å²) < 4.78 is 5.31. The first-order chi connectivity index (χ1) is 10.3. The van der Waals surface area contributed by atoms with Crippen LogP contribution in [-0.2, 0) is 0 Å². The van der Waals surface area contributed by atoms with Crippen LogP contribution in [0.5, 0.6) is 5.75 Å². The van der Waals surface area contributed by atoms with Gasteiger partial charge in [-0.15, -0.1) is 0 Å². The van der Waals surface area contributed by atoms with Crippen LogP contribution in [0.2, 0.25) is 0 Å². The van der Waals surface area contributed by atoms with Crippen molar-refractivity contribution in [1.82, 2.24) is 4.98 Å². The van der Waals surface area contributed by atoms with Gasteiger partial charge in [0, 0.05) is 30.6 Å². The molecule has 0 unspecified atom stereocenters. The van der Waals surface area contributed by atoms with Gasteiger partial charge in [0.15, 0.2) is 0 Å². The Morgan fingerprint density at radius 1 is 1.29 bits per heavy atom. The lowest BCUT2D eigenvalue weighted by molar-refractivity contribution is 0.416. The van der Waals surface area contributed by atoms with Gasteiger partial charge in [-0.05, 0) is 24.6 Å². The summed E-state index contributed by atoms with van der Waals surface area (Å²) in [6.45, 7) is 2.99. The van der Waals surface area contributed by atoms with Crippen LogP contribution >= 0.6 is 0 Å². The van der Waals surface area contributed by atoms with Gasteiger partial charge in [-0.25, -0.2) is 4.98 Å². The minimum Gasteiger partial charge on any atom is -0.495 e. The van der Waals surface area contributed by atoms with Crippen molar-refractivity contribution in [3.63, 3.8) is 0 Å². The Labute approximate surface area is 124 Å². The van der Waals surface area contributed by atoms with Crippen LogP contribution in [0, 0.1) is 11.3 Å². The zero-order chi connectivity index (χ0) is 15.1. The van der Waals surface area contributed by atoms with Crippen molar-refractivity contribution in [3.8, 4) is 11.8 Å². The molecule has 2 aromatic rings. The number of nitrogens with zero attached hydrogens (tertiary/aromatic N) is 2. The van der Waals surface area contributed by atoms with Gasteiger partial charge in [0.05, 0.1) is 24.4 Å². The summed E-state index contributed by atoms with van der Waals surface area (Å²) in [5.41, 5.74) is 2.29. The Kier molecular flexibility index (Phi) is 4.99. The van der Waals surface area contributed by atoms with Crippen LogP contribution in [0.3, 0.4) is 0 Å². The largest absolute Gasteiger partial charge is 0.495 e. The zero-order valence-corrected chi connectivity index (χ0v) is 12.2. The van der Waals surface area contributed by atoms with Crippen LogP contribution in [0.1, 0.15) is 18.9 Å². The van der Waals surface area contributed by atoms with E-state index in [1.165, 1.54) is 0 Å². The summed E-state index contributed by atoms with van der Waals surface area (Å²) in [5, 5.41) is 15.4. The minimum atomic E-state index is 0.567. The Bertz CT molecular complexity index is 649. The predicted octanol–water partition coefficient (Wildman–Crippen LogP) is 3.53. The molecule has 1 heterocycles. The lowest BCUT2D eigenvalue weighted by Crippen LogP contribution is -2.02. The Morgan fingerprint density at radius 3 is 2.86 bits per heavy atom. The van der Waals surface area contributed by atoms with E-state index in [0.717, 1.165) is 30.2 Å². The zero-order valence-electron chi connectivity index (χ0n) is 12.2. The van der Waals surface area contributed by atoms with Crippen molar-refractivity contribution < 1.29 is 4.74 Å². The molecule has 21 heavy (non-hydrogen) atoms. The summed E-state index contributed by atoms with van der Waals surface area (Å²) in [7, 11) is 1.59. The maximum absolute atomic E-state index is 8.91. The van der Waals surface area contributed by atoms with Gasteiger partial charge in [-0.1, -0.05) is 6.92 Å². The fourth-order valence-electron chi connectivity index (χ4n) is 1.88. The second-order valence-corrected chi connectivity index (χ2v) is 4.51. The molecule has 0 spiro atoms. The van der Waals surface area contributed by atoms with Crippen molar-refractivity contribution in [2.75, 3.05) is 24.3 Å². The summed E-state index contributed by atoms with van der Waals surface area (Å²) in [4.78, 5) is 4.26. The molecule has 0 fully saturated rings. The second kappa shape index (κ2) is 7.15. The number of nitrogens with one attached hydrogen (secondary N) is 2. The van der Waals surface area contributed by atoms with E-state index in [4.69, 9.17) is 10.00 Å². The smallest absolute Gasteiger partial charge is 0.143 e. The highest BCUT2D eigenvalue weighted by atomic mass is 16.5. The van der Waals surface area contributed by atoms with Crippen molar-refractivity contribution in [3.05, 3.63) is 42.1 Å². The fraction of sp³-hybridized carbons (Fsp3) is 0.250. The average Bonchev–Trinajstić information content (AvgIpc) is 2.53. The number of pyridine rings is 1. The third-order valence-electron chi connectivity index (χ3n) is 2.93. The number of hydrogen-bond acceptors (Lipinski definition) is 5. The number of benzene rings is 1. The van der Waals surface area contributed by atoms with Gasteiger partial charge >= 0.3 is 0 Å². The number of hydrogen-bond donors (Lipinski definition) is 2. The number of methoxy groups -OCH3 is 1. The predicted molar refractivity (Wildman–Crippen MR) is 84.0 cm³/mol. The van der Waals surface area contributed by atoms with Gasteiger partial charge in [-0.3, -0.25) is 0 Å². The SMILES string of the molecule is CCCNc1cc(Nc2ccc(C#N)cc2OC)ccn1. The van der Waals surface area contributed by atoms with E-state index in [1.54, 1.807) is 25.4 Å². The van der Waals surface area contributed by atoms with Crippen LogP contribution < -0.4 is 15.4 Å². The molecule has 0 aliphatic carbocycles. The number of ether oxygens (including phenoxy) is 1. The maximum Gasteiger partial charge on any atom is 0.143 e. The molecule has 0 amide bonds. The molecule has 0 atom stereocenters. The monoisotopic (exact) mass is 282 g/mol. The molecule has 0 saturated heterocycles. The Hall–Kier alpha value is -2.74. The van der Waals surface area contributed by atoms with E-state index < -0.39 is 0 Å². The highest BCUT2D eigenvalue weighted by Crippen LogP contribution is 2.29. The Morgan fingerprint density at radius 2 is 2.14 bits per heavy atom. The van der Waals surface area contributed by atoms with Crippen molar-refractivity contribution in [2.24, 2.45) is 0 Å². The first-order valence-corrected chi connectivity index (χ1v) is 6.82. The molecule has 1 aromatic carbocycles. The number of aromatic nitrogens is 1. The van der Waals surface area contributed by atoms with Gasteiger partial charge in [0.1, 0.15) is 11.6 Å². The lowest BCUT2D eigenvalue weighted by atomic mass is 10.2. The molecule has 108 valence electrons. The first-order valence-electron chi connectivity index (χ1n) is 6.82. The summed E-state index contributed by atoms with van der Waals surface area (Å²) >= 11 is 0. The van der Waals surface area contributed by atoms with Gasteiger partial charge in [-0.2, -0.15) is 5.26 Å². The van der Waals surface area contributed by atoms with Crippen LogP contribution in [-0.4, -0.2) is 18.6 Å². The molecule has 5 heteroatoms. The second-order valence-electron chi connectivity index (χ2n) is 4.51. The molecule has 0 aliphatic heterocycles. The standard InChI is InChI=1S/C16H18N4O/c1-3-7-18-16-10-13(6-8-19-16)20-14-5-4-12(11-17)9-15(14)21-2/h4-6,8-10H,3,7H2,1-2H3,(H2,18,19,20). The molecule has 2 rings (SSSR count). The number of anilines is 3. The molecule has 2 N–H and O–H groups in total. The molecule has 0 radical (unpaired) electrons. The van der Waals surface area contributed by atoms with Crippen LogP contribution in [0.4, 0.5) is 17.2 Å². The topological polar surface area (TPSA) is 70.0 Å². The average molecular weight is 282 g/mol. The fourth-order valence-corrected chi connectivity index (χ4v) is 1.88. The van der Waals surface area contributed by atoms with Gasteiger partial charge in [0.2, 0.25) is 0 Å². The van der Waals surface area contributed by atoms with Gasteiger partial charge in [0.25, 0.3) is 0 Å². The molecule has 0 bridgehead atoms. The highest BCUT2D eigenvalue weighted by Gasteiger charge is 2.05. The summed E-state index contributed by atoms with van der Waals surface area (Å²) in [6.07, 6.45) is 2.79. The third-order valence-corrected chi connectivity index (χ3v) is 2.93. The van der Waals surface area contributed by atoms with E-state index in [2.05, 4.69) is 28.6 Å². The van der Waals surface area contributed by atoms with Crippen molar-refractivity contribution in [1.29, 1.82) is 5.26 Å². The van der Waals surface area contributed by atoms with E-state index in [1.807, 2.05) is 18.2 Å². The molecule has 1 aromatic heterocycles. The maximum atomic E-state index is 8.91. The van der Waals surface area contributed by atoms with E-state index >= 15 is 0 Å². The summed E-state index contributed by atoms with van der Waals surface area (Å²) in [5.74, 6) is 1.46. The minimum absolute atomic E-state index is 0.567. The first kappa shape index (κ1) is 14.7. The molecule has 0 aliphatic rings. The normalized spacial score (nSPS) is 9.76. The van der Waals surface area contributed by atoms with E-state index in [9.17, 15) is 0 Å². The number of nitriles is 1. The van der Waals surface area contributed by atoms with Crippen molar-refractivity contribution >= 4 is 17.2 Å². The van der Waals surface area contributed by atoms with Crippen LogP contribution in [0.15, 0.2) is 36.5 Å². The Balaban J connectivity index is 2.20. The van der Waals surface area contributed by atoms with E-state index in [0.29, 0.717) is 11.3 Å². The third kappa shape index (κ3) is 3.86. The van der Waals surface area contributed by atoms with E-state index in [-0.39, 0.29) is 0 Å². The van der Waals surface area contributed by atoms with Gasteiger partial charge < -0.3 is 15.4 Å². The van der Waals surface area contributed by atoms with Crippen LogP contribution in [0.25, 0.3) is 0 Å². The summed E-state index contributed by atoms with van der Waals surface area (Å²) in [6, 6.07) is 11.2. The lowest BCUT2D eigenvalue weighted by Gasteiger charge is -2.12. The molecular weight excluding hydrogens is 264 g/mol. The van der Waals surface area contributed by atoms with Crippen molar-refractivity contribution in [2.45, 2.75) is 13.3 Å². The quantitative estimate of drug-likeness (QED) is 0.848. The molecular formula is C16H18N4O. The number of rotatable bonds is 6.